The van der Waals surface area contributed by atoms with Crippen molar-refractivity contribution in [1.82, 2.24) is 20.1 Å². The molecule has 0 bridgehead atoms. The van der Waals surface area contributed by atoms with Crippen LogP contribution in [0.1, 0.15) is 52.0 Å². The molecule has 0 aliphatic carbocycles. The number of benzene rings is 2. The normalized spacial score (nSPS) is 11.6. The van der Waals surface area contributed by atoms with Crippen LogP contribution < -0.4 is 10.6 Å². The van der Waals surface area contributed by atoms with Gasteiger partial charge in [-0.25, -0.2) is 4.79 Å². The average molecular weight is 522 g/mol. The first-order valence-electron chi connectivity index (χ1n) is 11.8. The second kappa shape index (κ2) is 12.9. The smallest absolute Gasteiger partial charge is 0.337 e. The number of carbonyl (C=O) groups excluding carboxylic acids is 3. The topological polar surface area (TPSA) is 115 Å². The molecule has 0 aliphatic heterocycles. The van der Waals surface area contributed by atoms with Crippen molar-refractivity contribution in [3.8, 4) is 0 Å². The zero-order valence-corrected chi connectivity index (χ0v) is 22.2. The Morgan fingerprint density at radius 1 is 1.11 bits per heavy atom. The number of hydrogen-bond acceptors (Lipinski definition) is 7. The number of anilines is 1. The van der Waals surface area contributed by atoms with Gasteiger partial charge >= 0.3 is 5.97 Å². The molecule has 3 rings (SSSR count). The van der Waals surface area contributed by atoms with Crippen LogP contribution in [-0.4, -0.2) is 45.4 Å². The number of nitrogens with one attached hydrogen (secondary N) is 2. The summed E-state index contributed by atoms with van der Waals surface area (Å²) in [6.07, 6.45) is 1.72. The molecule has 0 spiro atoms. The van der Waals surface area contributed by atoms with Crippen LogP contribution in [0.2, 0.25) is 0 Å². The minimum Gasteiger partial charge on any atom is -0.465 e. The van der Waals surface area contributed by atoms with E-state index in [1.54, 1.807) is 36.4 Å². The molecular formula is C27H31N5O4S. The molecule has 0 saturated carbocycles. The SMILES string of the molecule is C=CCn1c(SCC(=O)Nc2ccc(C(=O)OC)cc2)nnc1[C@H](NC(=O)c1cccc(C)c1)C(C)C. The van der Waals surface area contributed by atoms with Crippen molar-refractivity contribution in [2.24, 2.45) is 5.92 Å². The Balaban J connectivity index is 1.71. The van der Waals surface area contributed by atoms with E-state index in [-0.39, 0.29) is 23.5 Å². The summed E-state index contributed by atoms with van der Waals surface area (Å²) in [5, 5.41) is 15.1. The lowest BCUT2D eigenvalue weighted by Gasteiger charge is -2.22. The Kier molecular flexibility index (Phi) is 9.62. The fraction of sp³-hybridized carbons (Fsp3) is 0.296. The number of carbonyl (C=O) groups is 3. The van der Waals surface area contributed by atoms with Crippen molar-refractivity contribution in [2.45, 2.75) is 38.5 Å². The second-order valence-corrected chi connectivity index (χ2v) is 9.65. The fourth-order valence-electron chi connectivity index (χ4n) is 3.61. The maximum atomic E-state index is 13.0. The number of aromatic nitrogens is 3. The molecule has 1 aromatic heterocycles. The highest BCUT2D eigenvalue weighted by Gasteiger charge is 2.26. The molecule has 10 heteroatoms. The van der Waals surface area contributed by atoms with Gasteiger partial charge in [-0.05, 0) is 49.2 Å². The van der Waals surface area contributed by atoms with Crippen molar-refractivity contribution in [2.75, 3.05) is 18.2 Å². The van der Waals surface area contributed by atoms with Gasteiger partial charge in [0.2, 0.25) is 5.91 Å². The van der Waals surface area contributed by atoms with Gasteiger partial charge in [-0.15, -0.1) is 16.8 Å². The zero-order chi connectivity index (χ0) is 26.9. The molecule has 1 heterocycles. The summed E-state index contributed by atoms with van der Waals surface area (Å²) >= 11 is 1.24. The van der Waals surface area contributed by atoms with E-state index in [0.29, 0.717) is 34.3 Å². The number of esters is 1. The Morgan fingerprint density at radius 3 is 2.46 bits per heavy atom. The molecule has 0 fully saturated rings. The molecule has 0 saturated heterocycles. The molecule has 2 amide bonds. The van der Waals surface area contributed by atoms with E-state index >= 15 is 0 Å². The Morgan fingerprint density at radius 2 is 1.84 bits per heavy atom. The van der Waals surface area contributed by atoms with E-state index in [4.69, 9.17) is 0 Å². The van der Waals surface area contributed by atoms with Gasteiger partial charge in [-0.1, -0.05) is 49.4 Å². The van der Waals surface area contributed by atoms with Gasteiger partial charge in [0.15, 0.2) is 11.0 Å². The molecule has 0 aliphatic rings. The Hall–Kier alpha value is -3.92. The first-order chi connectivity index (χ1) is 17.7. The van der Waals surface area contributed by atoms with Gasteiger partial charge in [-0.2, -0.15) is 0 Å². The van der Waals surface area contributed by atoms with Crippen LogP contribution in [0.3, 0.4) is 0 Å². The van der Waals surface area contributed by atoms with Crippen LogP contribution >= 0.6 is 11.8 Å². The van der Waals surface area contributed by atoms with Crippen molar-refractivity contribution in [3.63, 3.8) is 0 Å². The first kappa shape index (κ1) is 27.7. The molecule has 1 atom stereocenters. The van der Waals surface area contributed by atoms with E-state index in [0.717, 1.165) is 5.56 Å². The summed E-state index contributed by atoms with van der Waals surface area (Å²) in [5.41, 5.74) is 2.53. The van der Waals surface area contributed by atoms with E-state index in [1.165, 1.54) is 18.9 Å². The maximum absolute atomic E-state index is 13.0. The van der Waals surface area contributed by atoms with Crippen LogP contribution in [0.5, 0.6) is 0 Å². The van der Waals surface area contributed by atoms with Gasteiger partial charge in [0.1, 0.15) is 0 Å². The standard InChI is InChI=1S/C27H31N5O4S/c1-6-14-32-24(23(17(2)3)29-25(34)20-9-7-8-18(4)15-20)30-31-27(32)37-16-22(33)28-21-12-10-19(11-13-21)26(35)36-5/h6-13,15,17,23H,1,14,16H2,2-5H3,(H,28,33)(H,29,34)/t23-/m1/s1. The van der Waals surface area contributed by atoms with Gasteiger partial charge in [0.05, 0.1) is 24.5 Å². The number of hydrogen-bond donors (Lipinski definition) is 2. The maximum Gasteiger partial charge on any atom is 0.337 e. The predicted octanol–water partition coefficient (Wildman–Crippen LogP) is 4.42. The van der Waals surface area contributed by atoms with Crippen molar-refractivity contribution in [1.29, 1.82) is 0 Å². The average Bonchev–Trinajstić information content (AvgIpc) is 3.27. The third-order valence-electron chi connectivity index (χ3n) is 5.49. The number of allylic oxidation sites excluding steroid dienone is 1. The number of aryl methyl sites for hydroxylation is 1. The van der Waals surface area contributed by atoms with E-state index < -0.39 is 12.0 Å². The molecule has 2 aromatic carbocycles. The van der Waals surface area contributed by atoms with Gasteiger partial charge in [-0.3, -0.25) is 9.59 Å². The largest absolute Gasteiger partial charge is 0.465 e. The van der Waals surface area contributed by atoms with Crippen LogP contribution in [0, 0.1) is 12.8 Å². The van der Waals surface area contributed by atoms with E-state index in [1.807, 2.05) is 43.5 Å². The highest BCUT2D eigenvalue weighted by molar-refractivity contribution is 7.99. The second-order valence-electron chi connectivity index (χ2n) is 8.71. The monoisotopic (exact) mass is 521 g/mol. The molecule has 0 radical (unpaired) electrons. The lowest BCUT2D eigenvalue weighted by Crippen LogP contribution is -2.34. The molecule has 9 nitrogen and oxygen atoms in total. The summed E-state index contributed by atoms with van der Waals surface area (Å²) < 4.78 is 6.54. The van der Waals surface area contributed by atoms with Gasteiger partial charge < -0.3 is 19.9 Å². The summed E-state index contributed by atoms with van der Waals surface area (Å²) in [6.45, 7) is 10.2. The molecule has 37 heavy (non-hydrogen) atoms. The summed E-state index contributed by atoms with van der Waals surface area (Å²) in [5.74, 6) is -0.148. The minimum atomic E-state index is -0.444. The summed E-state index contributed by atoms with van der Waals surface area (Å²) in [6, 6.07) is 13.4. The lowest BCUT2D eigenvalue weighted by atomic mass is 10.0. The highest BCUT2D eigenvalue weighted by atomic mass is 32.2. The molecular weight excluding hydrogens is 490 g/mol. The number of thioether (sulfide) groups is 1. The van der Waals surface area contributed by atoms with Crippen LogP contribution in [-0.2, 0) is 16.1 Å². The number of methoxy groups -OCH3 is 1. The quantitative estimate of drug-likeness (QED) is 0.218. The van der Waals surface area contributed by atoms with Crippen molar-refractivity contribution >= 4 is 35.2 Å². The van der Waals surface area contributed by atoms with E-state index in [9.17, 15) is 14.4 Å². The zero-order valence-electron chi connectivity index (χ0n) is 21.4. The summed E-state index contributed by atoms with van der Waals surface area (Å²) in [4.78, 5) is 37.1. The molecule has 3 aromatic rings. The number of ether oxygens (including phenoxy) is 1. The Bertz CT molecular complexity index is 1270. The minimum absolute atomic E-state index is 0.0376. The van der Waals surface area contributed by atoms with Gasteiger partial charge in [0, 0.05) is 17.8 Å². The molecule has 0 unspecified atom stereocenters. The highest BCUT2D eigenvalue weighted by Crippen LogP contribution is 2.26. The third-order valence-corrected chi connectivity index (χ3v) is 6.46. The number of rotatable bonds is 11. The van der Waals surface area contributed by atoms with Gasteiger partial charge in [0.25, 0.3) is 5.91 Å². The third kappa shape index (κ3) is 7.29. The van der Waals surface area contributed by atoms with Crippen LogP contribution in [0.25, 0.3) is 0 Å². The van der Waals surface area contributed by atoms with E-state index in [2.05, 4.69) is 32.1 Å². The Labute approximate surface area is 220 Å². The van der Waals surface area contributed by atoms with Crippen LogP contribution in [0.4, 0.5) is 5.69 Å². The first-order valence-corrected chi connectivity index (χ1v) is 12.7. The van der Waals surface area contributed by atoms with Crippen molar-refractivity contribution < 1.29 is 19.1 Å². The molecule has 194 valence electrons. The van der Waals surface area contributed by atoms with Crippen molar-refractivity contribution in [3.05, 3.63) is 83.7 Å². The van der Waals surface area contributed by atoms with Crippen LogP contribution in [0.15, 0.2) is 66.3 Å². The number of amides is 2. The fourth-order valence-corrected chi connectivity index (χ4v) is 4.37. The molecule has 2 N–H and O–H groups in total. The number of nitrogens with zero attached hydrogens (tertiary/aromatic N) is 3. The predicted molar refractivity (Wildman–Crippen MR) is 144 cm³/mol. The summed E-state index contributed by atoms with van der Waals surface area (Å²) in [7, 11) is 1.31. The lowest BCUT2D eigenvalue weighted by molar-refractivity contribution is -0.113.